The quantitative estimate of drug-likeness (QED) is 0.411. The van der Waals surface area contributed by atoms with Crippen molar-refractivity contribution in [2.75, 3.05) is 19.0 Å². The second-order valence-corrected chi connectivity index (χ2v) is 11.5. The lowest BCUT2D eigenvalue weighted by atomic mass is 9.81. The van der Waals surface area contributed by atoms with Gasteiger partial charge in [-0.25, -0.2) is 0 Å². The van der Waals surface area contributed by atoms with Gasteiger partial charge in [0.15, 0.2) is 5.71 Å². The van der Waals surface area contributed by atoms with Crippen LogP contribution in [-0.4, -0.2) is 24.4 Å². The van der Waals surface area contributed by atoms with Crippen molar-refractivity contribution >= 4 is 28.7 Å². The molecule has 2 aromatic rings. The summed E-state index contributed by atoms with van der Waals surface area (Å²) in [5, 5.41) is 1.04. The summed E-state index contributed by atoms with van der Waals surface area (Å²) >= 11 is 6.97. The molecule has 3 aliphatic rings. The molecular weight excluding hydrogens is 436 g/mol. The number of hydrogen-bond acceptors (Lipinski definition) is 1. The maximum absolute atomic E-state index is 6.97. The van der Waals surface area contributed by atoms with E-state index < -0.39 is 0 Å². The van der Waals surface area contributed by atoms with Crippen LogP contribution in [0.3, 0.4) is 0 Å². The highest BCUT2D eigenvalue weighted by atomic mass is 35.5. The van der Waals surface area contributed by atoms with E-state index in [4.69, 9.17) is 11.6 Å². The van der Waals surface area contributed by atoms with Crippen molar-refractivity contribution in [2.24, 2.45) is 5.92 Å². The van der Waals surface area contributed by atoms with Crippen molar-refractivity contribution in [3.63, 3.8) is 0 Å². The Kier molecular flexibility index (Phi) is 5.64. The molecule has 0 amide bonds. The van der Waals surface area contributed by atoms with Gasteiger partial charge in [0, 0.05) is 46.6 Å². The van der Waals surface area contributed by atoms with Crippen LogP contribution < -0.4 is 4.90 Å². The molecule has 2 nitrogen and oxygen atoms in total. The Balaban J connectivity index is 1.36. The van der Waals surface area contributed by atoms with Gasteiger partial charge in [0.2, 0.25) is 5.69 Å². The SMILES string of the molecule is CN1/C(=C/C[C@@H]2CCC(/C=C/C3=[N+](C)c4ccccc4C3(C)C)=C2Cl)C(C)(C)c2ccccc21. The van der Waals surface area contributed by atoms with Crippen molar-refractivity contribution in [1.29, 1.82) is 0 Å². The number of anilines is 1. The first kappa shape index (κ1) is 23.2. The molecule has 0 saturated carbocycles. The Labute approximate surface area is 210 Å². The van der Waals surface area contributed by atoms with Gasteiger partial charge in [-0.15, -0.1) is 0 Å². The minimum atomic E-state index is -0.00898. The zero-order chi connectivity index (χ0) is 24.3. The fraction of sp³-hybridized carbons (Fsp3) is 0.387. The molecule has 0 N–H and O–H groups in total. The Morgan fingerprint density at radius 1 is 0.971 bits per heavy atom. The van der Waals surface area contributed by atoms with E-state index in [1.54, 1.807) is 0 Å². The number of rotatable bonds is 4. The fourth-order valence-corrected chi connectivity index (χ4v) is 6.69. The standard InChI is InChI=1S/C31H36ClN2/c1-30(2)23-11-7-9-13-25(23)33(5)27(30)19-17-21-15-16-22(29(21)32)18-20-28-31(3,4)24-12-8-10-14-26(24)34(28)6/h7-14,17,19-20,22H,15-16,18H2,1-6H3/q+1/b19-17+,28-20+/t22-/m0/s1. The number of likely N-dealkylation sites (N-methyl/N-ethyl adjacent to an activating group) is 1. The van der Waals surface area contributed by atoms with E-state index in [9.17, 15) is 0 Å². The molecule has 2 aromatic carbocycles. The zero-order valence-electron chi connectivity index (χ0n) is 21.3. The maximum Gasteiger partial charge on any atom is 0.209 e. The molecule has 1 aliphatic carbocycles. The molecule has 0 unspecified atom stereocenters. The summed E-state index contributed by atoms with van der Waals surface area (Å²) in [5.41, 5.74) is 9.41. The molecule has 176 valence electrons. The van der Waals surface area contributed by atoms with Crippen LogP contribution in [-0.2, 0) is 10.8 Å². The summed E-state index contributed by atoms with van der Waals surface area (Å²) in [7, 11) is 4.36. The molecule has 0 saturated heterocycles. The lowest BCUT2D eigenvalue weighted by Gasteiger charge is -2.25. The molecule has 5 rings (SSSR count). The van der Waals surface area contributed by atoms with Crippen LogP contribution in [0.25, 0.3) is 0 Å². The molecule has 0 spiro atoms. The minimum Gasteiger partial charge on any atom is -0.347 e. The van der Waals surface area contributed by atoms with E-state index in [0.717, 1.165) is 24.3 Å². The molecule has 1 atom stereocenters. The van der Waals surface area contributed by atoms with Gasteiger partial charge in [-0.3, -0.25) is 0 Å². The lowest BCUT2D eigenvalue weighted by molar-refractivity contribution is -0.401. The third-order valence-electron chi connectivity index (χ3n) is 8.35. The smallest absolute Gasteiger partial charge is 0.209 e. The average Bonchev–Trinajstić information content (AvgIpc) is 3.33. The van der Waals surface area contributed by atoms with Gasteiger partial charge in [0.25, 0.3) is 0 Å². The van der Waals surface area contributed by atoms with E-state index in [2.05, 4.69) is 118 Å². The van der Waals surface area contributed by atoms with Crippen LogP contribution in [0.1, 0.15) is 58.1 Å². The van der Waals surface area contributed by atoms with Crippen LogP contribution in [0.2, 0.25) is 0 Å². The van der Waals surface area contributed by atoms with Gasteiger partial charge in [0.05, 0.1) is 5.41 Å². The molecule has 0 aromatic heterocycles. The summed E-state index contributed by atoms with van der Waals surface area (Å²) in [4.78, 5) is 2.36. The molecule has 34 heavy (non-hydrogen) atoms. The van der Waals surface area contributed by atoms with Crippen LogP contribution in [0.5, 0.6) is 0 Å². The van der Waals surface area contributed by atoms with Gasteiger partial charge in [0.1, 0.15) is 7.05 Å². The van der Waals surface area contributed by atoms with Crippen molar-refractivity contribution in [1.82, 2.24) is 0 Å². The topological polar surface area (TPSA) is 6.25 Å². The van der Waals surface area contributed by atoms with E-state index in [1.807, 2.05) is 0 Å². The number of hydrogen-bond donors (Lipinski definition) is 0. The van der Waals surface area contributed by atoms with Crippen LogP contribution in [0.4, 0.5) is 11.4 Å². The summed E-state index contributed by atoms with van der Waals surface area (Å²) in [6.45, 7) is 9.28. The molecule has 0 radical (unpaired) electrons. The van der Waals surface area contributed by atoms with Gasteiger partial charge in [-0.2, -0.15) is 4.58 Å². The first-order valence-corrected chi connectivity index (χ1v) is 12.8. The number of para-hydroxylation sites is 2. The first-order valence-electron chi connectivity index (χ1n) is 12.4. The number of halogens is 1. The second-order valence-electron chi connectivity index (χ2n) is 11.1. The average molecular weight is 472 g/mol. The Hall–Kier alpha value is -2.58. The summed E-state index contributed by atoms with van der Waals surface area (Å²) in [6.07, 6.45) is 10.2. The molecular formula is C31H36ClN2+. The molecule has 0 bridgehead atoms. The van der Waals surface area contributed by atoms with Crippen molar-refractivity contribution in [3.05, 3.63) is 94.2 Å². The third kappa shape index (κ3) is 3.50. The predicted molar refractivity (Wildman–Crippen MR) is 146 cm³/mol. The maximum atomic E-state index is 6.97. The number of allylic oxidation sites excluding steroid dienone is 6. The minimum absolute atomic E-state index is 0.00898. The van der Waals surface area contributed by atoms with Crippen LogP contribution in [0, 0.1) is 5.92 Å². The molecule has 3 heteroatoms. The summed E-state index contributed by atoms with van der Waals surface area (Å²) in [6, 6.07) is 17.5. The van der Waals surface area contributed by atoms with Gasteiger partial charge < -0.3 is 4.90 Å². The molecule has 2 heterocycles. The van der Waals surface area contributed by atoms with Gasteiger partial charge in [-0.1, -0.05) is 74.0 Å². The van der Waals surface area contributed by atoms with E-state index in [0.29, 0.717) is 5.92 Å². The Bertz CT molecular complexity index is 1270. The van der Waals surface area contributed by atoms with E-state index in [1.165, 1.54) is 39.5 Å². The fourth-order valence-electron chi connectivity index (χ4n) is 6.33. The summed E-state index contributed by atoms with van der Waals surface area (Å²) in [5.74, 6) is 0.401. The largest absolute Gasteiger partial charge is 0.347 e. The van der Waals surface area contributed by atoms with E-state index in [-0.39, 0.29) is 10.8 Å². The zero-order valence-corrected chi connectivity index (χ0v) is 22.1. The molecule has 2 aliphatic heterocycles. The first-order chi connectivity index (χ1) is 16.1. The highest BCUT2D eigenvalue weighted by Gasteiger charge is 2.42. The highest BCUT2D eigenvalue weighted by molar-refractivity contribution is 6.30. The van der Waals surface area contributed by atoms with Crippen molar-refractivity contribution in [3.8, 4) is 0 Å². The number of fused-ring (bicyclic) bond motifs is 2. The number of nitrogens with zero attached hydrogens (tertiary/aromatic N) is 2. The highest BCUT2D eigenvalue weighted by Crippen LogP contribution is 2.48. The van der Waals surface area contributed by atoms with E-state index >= 15 is 0 Å². The normalized spacial score (nSPS) is 24.0. The third-order valence-corrected chi connectivity index (χ3v) is 8.90. The monoisotopic (exact) mass is 471 g/mol. The van der Waals surface area contributed by atoms with Crippen molar-refractivity contribution < 1.29 is 4.58 Å². The van der Waals surface area contributed by atoms with Gasteiger partial charge >= 0.3 is 0 Å². The summed E-state index contributed by atoms with van der Waals surface area (Å²) < 4.78 is 2.33. The number of benzene rings is 2. The second kappa shape index (κ2) is 8.27. The Morgan fingerprint density at radius 2 is 1.65 bits per heavy atom. The van der Waals surface area contributed by atoms with Crippen molar-refractivity contribution in [2.45, 2.75) is 57.8 Å². The predicted octanol–water partition coefficient (Wildman–Crippen LogP) is 7.85. The van der Waals surface area contributed by atoms with Crippen LogP contribution in [0.15, 0.2) is 83.1 Å². The van der Waals surface area contributed by atoms with Crippen LogP contribution >= 0.6 is 11.6 Å². The lowest BCUT2D eigenvalue weighted by Crippen LogP contribution is -2.26. The Morgan fingerprint density at radius 3 is 2.35 bits per heavy atom. The molecule has 0 fully saturated rings. The van der Waals surface area contributed by atoms with Gasteiger partial charge in [-0.05, 0) is 56.2 Å².